The van der Waals surface area contributed by atoms with Crippen LogP contribution in [0.1, 0.15) is 25.7 Å². The molecular formula is C15H18ClN3O2. The van der Waals surface area contributed by atoms with E-state index in [0.717, 1.165) is 25.2 Å². The van der Waals surface area contributed by atoms with E-state index in [-0.39, 0.29) is 18.2 Å². The molecule has 0 unspecified atom stereocenters. The van der Waals surface area contributed by atoms with Gasteiger partial charge in [-0.2, -0.15) is 0 Å². The summed E-state index contributed by atoms with van der Waals surface area (Å²) in [5.74, 6) is 0.788. The number of hydrogen-bond acceptors (Lipinski definition) is 4. The molecule has 0 aromatic carbocycles. The molecular weight excluding hydrogens is 290 g/mol. The van der Waals surface area contributed by atoms with Crippen molar-refractivity contribution in [3.05, 3.63) is 23.4 Å². The Kier molecular flexibility index (Phi) is 3.17. The Labute approximate surface area is 128 Å². The molecule has 1 saturated carbocycles. The molecule has 1 aromatic rings. The Bertz CT molecular complexity index is 562. The van der Waals surface area contributed by atoms with Gasteiger partial charge in [0.1, 0.15) is 11.9 Å². The van der Waals surface area contributed by atoms with Crippen LogP contribution in [0.4, 0.5) is 10.6 Å². The van der Waals surface area contributed by atoms with E-state index in [1.807, 2.05) is 17.0 Å². The average Bonchev–Trinajstić information content (AvgIpc) is 3.15. The fourth-order valence-corrected chi connectivity index (χ4v) is 4.09. The van der Waals surface area contributed by atoms with E-state index in [9.17, 15) is 4.79 Å². The van der Waals surface area contributed by atoms with Gasteiger partial charge in [0.15, 0.2) is 0 Å². The number of pyridine rings is 1. The monoisotopic (exact) mass is 307 g/mol. The third-order valence-electron chi connectivity index (χ3n) is 4.81. The van der Waals surface area contributed by atoms with Gasteiger partial charge in [0.05, 0.1) is 17.6 Å². The van der Waals surface area contributed by atoms with Crippen LogP contribution in [-0.2, 0) is 4.74 Å². The highest BCUT2D eigenvalue weighted by molar-refractivity contribution is 6.32. The lowest BCUT2D eigenvalue weighted by Gasteiger charge is -2.28. The largest absolute Gasteiger partial charge is 0.442 e. The van der Waals surface area contributed by atoms with E-state index in [4.69, 9.17) is 16.3 Å². The van der Waals surface area contributed by atoms with Crippen LogP contribution in [0.2, 0.25) is 5.02 Å². The number of carbonyl (C=O) groups is 1. The molecule has 0 spiro atoms. The summed E-state index contributed by atoms with van der Waals surface area (Å²) >= 11 is 6.23. The van der Waals surface area contributed by atoms with E-state index in [0.29, 0.717) is 17.6 Å². The molecule has 0 radical (unpaired) electrons. The topological polar surface area (TPSA) is 45.7 Å². The van der Waals surface area contributed by atoms with Crippen molar-refractivity contribution in [2.45, 2.75) is 43.9 Å². The fourth-order valence-electron chi connectivity index (χ4n) is 3.85. The zero-order chi connectivity index (χ0) is 14.4. The molecule has 3 aliphatic rings. The van der Waals surface area contributed by atoms with Crippen molar-refractivity contribution in [2.75, 3.05) is 18.0 Å². The second kappa shape index (κ2) is 5.05. The summed E-state index contributed by atoms with van der Waals surface area (Å²) < 4.78 is 5.58. The maximum Gasteiger partial charge on any atom is 0.410 e. The summed E-state index contributed by atoms with van der Waals surface area (Å²) in [6.45, 7) is 1.43. The quantitative estimate of drug-likeness (QED) is 0.843. The zero-order valence-corrected chi connectivity index (χ0v) is 12.5. The zero-order valence-electron chi connectivity index (χ0n) is 11.7. The van der Waals surface area contributed by atoms with Crippen molar-refractivity contribution < 1.29 is 9.53 Å². The standard InChI is InChI=1S/C15H18ClN3O2/c16-11-6-3-7-17-14(11)18-8-12-13(9-18)21-15(20)19(12)10-4-1-2-5-10/h3,6-7,10,12-13H,1-2,4-5,8-9H2/t12-,13+/m1/s1. The van der Waals surface area contributed by atoms with Crippen LogP contribution in [0.25, 0.3) is 0 Å². The van der Waals surface area contributed by atoms with Crippen LogP contribution in [0.15, 0.2) is 18.3 Å². The molecule has 1 aliphatic carbocycles. The van der Waals surface area contributed by atoms with Gasteiger partial charge in [-0.1, -0.05) is 24.4 Å². The Morgan fingerprint density at radius 1 is 1.29 bits per heavy atom. The second-order valence-corrected chi connectivity index (χ2v) is 6.46. The molecule has 0 N–H and O–H groups in total. The first kappa shape index (κ1) is 13.2. The van der Waals surface area contributed by atoms with E-state index in [1.54, 1.807) is 6.20 Å². The van der Waals surface area contributed by atoms with E-state index >= 15 is 0 Å². The van der Waals surface area contributed by atoms with Crippen molar-refractivity contribution in [3.63, 3.8) is 0 Å². The minimum atomic E-state index is -0.135. The Hall–Kier alpha value is -1.49. The first-order valence-electron chi connectivity index (χ1n) is 7.58. The normalized spacial score (nSPS) is 29.1. The van der Waals surface area contributed by atoms with Crippen LogP contribution in [-0.4, -0.2) is 47.3 Å². The number of anilines is 1. The second-order valence-electron chi connectivity index (χ2n) is 6.05. The van der Waals surface area contributed by atoms with E-state index in [1.165, 1.54) is 12.8 Å². The van der Waals surface area contributed by atoms with Gasteiger partial charge in [0, 0.05) is 18.8 Å². The molecule has 1 aromatic heterocycles. The lowest BCUT2D eigenvalue weighted by Crippen LogP contribution is -2.43. The molecule has 5 nitrogen and oxygen atoms in total. The van der Waals surface area contributed by atoms with Crippen molar-refractivity contribution >= 4 is 23.5 Å². The number of nitrogens with zero attached hydrogens (tertiary/aromatic N) is 3. The molecule has 4 rings (SSSR count). The summed E-state index contributed by atoms with van der Waals surface area (Å²) in [5, 5.41) is 0.649. The summed E-state index contributed by atoms with van der Waals surface area (Å²) in [5.41, 5.74) is 0. The maximum atomic E-state index is 12.1. The summed E-state index contributed by atoms with van der Waals surface area (Å²) in [7, 11) is 0. The van der Waals surface area contributed by atoms with Crippen molar-refractivity contribution in [3.8, 4) is 0 Å². The number of carbonyl (C=O) groups excluding carboxylic acids is 1. The van der Waals surface area contributed by atoms with Gasteiger partial charge in [-0.3, -0.25) is 4.90 Å². The molecule has 2 saturated heterocycles. The SMILES string of the molecule is O=C1O[C@H]2CN(c3ncccc3Cl)C[C@H]2N1C1CCCC1. The summed E-state index contributed by atoms with van der Waals surface area (Å²) in [4.78, 5) is 20.6. The first-order chi connectivity index (χ1) is 10.2. The number of hydrogen-bond donors (Lipinski definition) is 0. The summed E-state index contributed by atoms with van der Waals surface area (Å²) in [6.07, 6.45) is 6.17. The smallest absolute Gasteiger partial charge is 0.410 e. The predicted molar refractivity (Wildman–Crippen MR) is 79.6 cm³/mol. The number of aromatic nitrogens is 1. The Morgan fingerprint density at radius 2 is 2.10 bits per heavy atom. The van der Waals surface area contributed by atoms with Gasteiger partial charge in [-0.15, -0.1) is 0 Å². The van der Waals surface area contributed by atoms with Crippen molar-refractivity contribution in [2.24, 2.45) is 0 Å². The molecule has 112 valence electrons. The number of fused-ring (bicyclic) bond motifs is 1. The van der Waals surface area contributed by atoms with Gasteiger partial charge in [0.25, 0.3) is 0 Å². The van der Waals surface area contributed by atoms with Crippen molar-refractivity contribution in [1.29, 1.82) is 0 Å². The van der Waals surface area contributed by atoms with Gasteiger partial charge in [0.2, 0.25) is 0 Å². The number of amides is 1. The van der Waals surface area contributed by atoms with Gasteiger partial charge >= 0.3 is 6.09 Å². The maximum absolute atomic E-state index is 12.1. The highest BCUT2D eigenvalue weighted by Crippen LogP contribution is 2.36. The van der Waals surface area contributed by atoms with Crippen LogP contribution >= 0.6 is 11.6 Å². The third-order valence-corrected chi connectivity index (χ3v) is 5.11. The molecule has 2 atom stereocenters. The van der Waals surface area contributed by atoms with E-state index < -0.39 is 0 Å². The third kappa shape index (κ3) is 2.14. The van der Waals surface area contributed by atoms with Crippen molar-refractivity contribution in [1.82, 2.24) is 9.88 Å². The fraction of sp³-hybridized carbons (Fsp3) is 0.600. The first-order valence-corrected chi connectivity index (χ1v) is 7.96. The average molecular weight is 308 g/mol. The minimum Gasteiger partial charge on any atom is -0.442 e. The Morgan fingerprint density at radius 3 is 2.86 bits per heavy atom. The van der Waals surface area contributed by atoms with Gasteiger partial charge < -0.3 is 9.64 Å². The summed E-state index contributed by atoms with van der Waals surface area (Å²) in [6, 6.07) is 4.16. The van der Waals surface area contributed by atoms with Gasteiger partial charge in [-0.05, 0) is 25.0 Å². The molecule has 0 bridgehead atoms. The molecule has 3 heterocycles. The lowest BCUT2D eigenvalue weighted by molar-refractivity contribution is 0.130. The number of rotatable bonds is 2. The predicted octanol–water partition coefficient (Wildman–Crippen LogP) is 2.69. The molecule has 6 heteroatoms. The highest BCUT2D eigenvalue weighted by Gasteiger charge is 2.50. The molecule has 2 aliphatic heterocycles. The van der Waals surface area contributed by atoms with Crippen LogP contribution in [0.3, 0.4) is 0 Å². The number of ether oxygens (including phenoxy) is 1. The molecule has 3 fully saturated rings. The van der Waals surface area contributed by atoms with Crippen LogP contribution in [0.5, 0.6) is 0 Å². The van der Waals surface area contributed by atoms with Crippen LogP contribution in [0, 0.1) is 0 Å². The number of halogens is 1. The minimum absolute atomic E-state index is 0.0591. The molecule has 21 heavy (non-hydrogen) atoms. The molecule has 1 amide bonds. The lowest BCUT2D eigenvalue weighted by atomic mass is 10.1. The van der Waals surface area contributed by atoms with E-state index in [2.05, 4.69) is 9.88 Å². The van der Waals surface area contributed by atoms with Crippen LogP contribution < -0.4 is 4.90 Å². The highest BCUT2D eigenvalue weighted by atomic mass is 35.5. The Balaban J connectivity index is 1.55. The van der Waals surface area contributed by atoms with Gasteiger partial charge in [-0.25, -0.2) is 9.78 Å².